The summed E-state index contributed by atoms with van der Waals surface area (Å²) in [6, 6.07) is 39.7. The van der Waals surface area contributed by atoms with Crippen LogP contribution in [0.3, 0.4) is 0 Å². The van der Waals surface area contributed by atoms with E-state index in [-0.39, 0.29) is 0 Å². The molecule has 0 atom stereocenters. The van der Waals surface area contributed by atoms with Crippen molar-refractivity contribution < 1.29 is 0 Å². The molecule has 6 rings (SSSR count). The van der Waals surface area contributed by atoms with Gasteiger partial charge in [-0.2, -0.15) is 10.5 Å². The van der Waals surface area contributed by atoms with E-state index < -0.39 is 0 Å². The molecule has 0 spiro atoms. The molecule has 3 nitrogen and oxygen atoms in total. The number of nitrogens with zero attached hydrogens (tertiary/aromatic N) is 3. The summed E-state index contributed by atoms with van der Waals surface area (Å²) in [7, 11) is 0. The van der Waals surface area contributed by atoms with E-state index in [0.717, 1.165) is 27.9 Å². The maximum Gasteiger partial charge on any atom is 0.0992 e. The van der Waals surface area contributed by atoms with Gasteiger partial charge >= 0.3 is 0 Å². The van der Waals surface area contributed by atoms with Crippen molar-refractivity contribution in [2.75, 3.05) is 0 Å². The largest absolute Gasteiger partial charge is 0.309 e. The molecule has 5 aromatic carbocycles. The zero-order chi connectivity index (χ0) is 25.5. The zero-order valence-corrected chi connectivity index (χ0v) is 20.7. The highest BCUT2D eigenvalue weighted by atomic mass is 15.0. The summed E-state index contributed by atoms with van der Waals surface area (Å²) in [6.07, 6.45) is 0. The zero-order valence-electron chi connectivity index (χ0n) is 20.7. The Balaban J connectivity index is 1.43. The smallest absolute Gasteiger partial charge is 0.0992 e. The maximum absolute atomic E-state index is 9.39. The Morgan fingerprint density at radius 2 is 1.03 bits per heavy atom. The fourth-order valence-electron chi connectivity index (χ4n) is 5.35. The number of hydrogen-bond acceptors (Lipinski definition) is 2. The third kappa shape index (κ3) is 3.66. The van der Waals surface area contributed by atoms with Gasteiger partial charge in [0.1, 0.15) is 0 Å². The second-order valence-electron chi connectivity index (χ2n) is 9.35. The molecule has 0 saturated carbocycles. The molecule has 0 N–H and O–H groups in total. The van der Waals surface area contributed by atoms with Crippen LogP contribution in [0, 0.1) is 36.5 Å². The summed E-state index contributed by atoms with van der Waals surface area (Å²) in [6.45, 7) is 4.24. The molecule has 37 heavy (non-hydrogen) atoms. The molecule has 1 aromatic heterocycles. The average molecular weight is 474 g/mol. The Labute approximate surface area is 216 Å². The van der Waals surface area contributed by atoms with Crippen molar-refractivity contribution in [3.8, 4) is 40.1 Å². The van der Waals surface area contributed by atoms with Crippen LogP contribution in [0.1, 0.15) is 22.3 Å². The number of nitriles is 2. The first-order valence-corrected chi connectivity index (χ1v) is 12.2. The molecule has 0 saturated heterocycles. The van der Waals surface area contributed by atoms with Crippen molar-refractivity contribution in [1.29, 1.82) is 10.5 Å². The number of fused-ring (bicyclic) bond motifs is 3. The summed E-state index contributed by atoms with van der Waals surface area (Å²) in [4.78, 5) is 0. The highest BCUT2D eigenvalue weighted by Crippen LogP contribution is 2.35. The number of aromatic nitrogens is 1. The molecule has 1 heterocycles. The molecular weight excluding hydrogens is 450 g/mol. The summed E-state index contributed by atoms with van der Waals surface area (Å²) in [5, 5.41) is 21.3. The molecule has 174 valence electrons. The molecule has 0 amide bonds. The highest BCUT2D eigenvalue weighted by Gasteiger charge is 2.14. The quantitative estimate of drug-likeness (QED) is 0.259. The van der Waals surface area contributed by atoms with Gasteiger partial charge in [0.25, 0.3) is 0 Å². The molecule has 0 unspecified atom stereocenters. The Morgan fingerprint density at radius 1 is 0.541 bits per heavy atom. The first-order chi connectivity index (χ1) is 18.1. The third-order valence-corrected chi connectivity index (χ3v) is 7.31. The van der Waals surface area contributed by atoms with Crippen molar-refractivity contribution >= 4 is 21.8 Å². The lowest BCUT2D eigenvalue weighted by molar-refractivity contribution is 1.18. The van der Waals surface area contributed by atoms with Gasteiger partial charge in [0.05, 0.1) is 34.3 Å². The van der Waals surface area contributed by atoms with Gasteiger partial charge < -0.3 is 4.57 Å². The van der Waals surface area contributed by atoms with Gasteiger partial charge in [0.2, 0.25) is 0 Å². The topological polar surface area (TPSA) is 52.5 Å². The van der Waals surface area contributed by atoms with Crippen LogP contribution in [0.2, 0.25) is 0 Å². The predicted octanol–water partition coefficient (Wildman–Crippen LogP) is 8.48. The van der Waals surface area contributed by atoms with E-state index >= 15 is 0 Å². The first kappa shape index (κ1) is 22.4. The van der Waals surface area contributed by atoms with Gasteiger partial charge in [-0.05, 0) is 89.7 Å². The Kier molecular flexibility index (Phi) is 5.33. The minimum Gasteiger partial charge on any atom is -0.309 e. The van der Waals surface area contributed by atoms with Crippen LogP contribution >= 0.6 is 0 Å². The molecule has 6 aromatic rings. The van der Waals surface area contributed by atoms with Crippen molar-refractivity contribution in [2.45, 2.75) is 13.8 Å². The summed E-state index contributed by atoms with van der Waals surface area (Å²) < 4.78 is 2.32. The summed E-state index contributed by atoms with van der Waals surface area (Å²) >= 11 is 0. The van der Waals surface area contributed by atoms with Gasteiger partial charge in [-0.1, -0.05) is 60.7 Å². The summed E-state index contributed by atoms with van der Waals surface area (Å²) in [5.41, 5.74) is 11.1. The van der Waals surface area contributed by atoms with Gasteiger partial charge in [0, 0.05) is 16.5 Å². The van der Waals surface area contributed by atoms with E-state index in [4.69, 9.17) is 0 Å². The lowest BCUT2D eigenvalue weighted by Crippen LogP contribution is -1.95. The van der Waals surface area contributed by atoms with E-state index in [9.17, 15) is 10.5 Å². The van der Waals surface area contributed by atoms with E-state index in [1.54, 1.807) is 6.07 Å². The number of rotatable bonds is 3. The van der Waals surface area contributed by atoms with Crippen molar-refractivity contribution in [2.24, 2.45) is 0 Å². The van der Waals surface area contributed by atoms with Crippen LogP contribution in [0.4, 0.5) is 0 Å². The lowest BCUT2D eigenvalue weighted by Gasteiger charge is -2.15. The van der Waals surface area contributed by atoms with Gasteiger partial charge in [-0.3, -0.25) is 0 Å². The van der Waals surface area contributed by atoms with Crippen molar-refractivity contribution in [1.82, 2.24) is 4.57 Å². The summed E-state index contributed by atoms with van der Waals surface area (Å²) in [5.74, 6) is 0. The van der Waals surface area contributed by atoms with Gasteiger partial charge in [0.15, 0.2) is 0 Å². The Morgan fingerprint density at radius 3 is 1.54 bits per heavy atom. The minimum absolute atomic E-state index is 0.496. The predicted molar refractivity (Wildman–Crippen MR) is 151 cm³/mol. The average Bonchev–Trinajstić information content (AvgIpc) is 3.29. The van der Waals surface area contributed by atoms with E-state index in [1.165, 1.54) is 32.9 Å². The number of hydrogen-bond donors (Lipinski definition) is 0. The van der Waals surface area contributed by atoms with Crippen molar-refractivity contribution in [3.63, 3.8) is 0 Å². The maximum atomic E-state index is 9.39. The highest BCUT2D eigenvalue weighted by molar-refractivity contribution is 6.09. The fourth-order valence-corrected chi connectivity index (χ4v) is 5.35. The molecule has 0 aliphatic heterocycles. The van der Waals surface area contributed by atoms with Gasteiger partial charge in [-0.25, -0.2) is 0 Å². The van der Waals surface area contributed by atoms with Crippen molar-refractivity contribution in [3.05, 3.63) is 125 Å². The van der Waals surface area contributed by atoms with Crippen LogP contribution in [0.25, 0.3) is 49.7 Å². The lowest BCUT2D eigenvalue weighted by atomic mass is 9.89. The Bertz CT molecular complexity index is 1820. The second kappa shape index (κ2) is 8.83. The molecule has 0 fully saturated rings. The van der Waals surface area contributed by atoms with Crippen LogP contribution in [-0.2, 0) is 0 Å². The molecule has 0 aliphatic rings. The van der Waals surface area contributed by atoms with Gasteiger partial charge in [-0.15, -0.1) is 0 Å². The van der Waals surface area contributed by atoms with Crippen LogP contribution in [0.5, 0.6) is 0 Å². The van der Waals surface area contributed by atoms with E-state index in [2.05, 4.69) is 115 Å². The normalized spacial score (nSPS) is 10.9. The van der Waals surface area contributed by atoms with E-state index in [1.807, 2.05) is 12.1 Å². The molecule has 3 heteroatoms. The SMILES string of the molecule is Cc1c(-c2ccc(-n3c4ccccc4c4ccccc43)cc2)ccc(-c2cc(C#N)cc(C#N)c2)c1C. The van der Waals surface area contributed by atoms with Crippen LogP contribution < -0.4 is 0 Å². The monoisotopic (exact) mass is 473 g/mol. The van der Waals surface area contributed by atoms with Crippen LogP contribution in [0.15, 0.2) is 103 Å². The van der Waals surface area contributed by atoms with E-state index in [0.29, 0.717) is 11.1 Å². The fraction of sp³-hybridized carbons (Fsp3) is 0.0588. The molecule has 0 bridgehead atoms. The first-order valence-electron chi connectivity index (χ1n) is 12.2. The number of benzene rings is 5. The molecule has 0 aliphatic carbocycles. The minimum atomic E-state index is 0.496. The Hall–Kier alpha value is -5.12. The molecular formula is C34H23N3. The molecule has 0 radical (unpaired) electrons. The standard InChI is InChI=1S/C34H23N3/c1-22-23(2)30(27-18-24(20-35)17-25(19-27)21-36)16-15-29(22)26-11-13-28(14-12-26)37-33-9-5-3-7-31(33)32-8-4-6-10-34(32)37/h3-19H,1-2H3. The number of para-hydroxylation sites is 2. The third-order valence-electron chi connectivity index (χ3n) is 7.31. The second-order valence-corrected chi connectivity index (χ2v) is 9.35. The van der Waals surface area contributed by atoms with Crippen LogP contribution in [-0.4, -0.2) is 4.57 Å².